The molecule has 3 N–H and O–H groups in total. The quantitative estimate of drug-likeness (QED) is 0.890. The molecule has 0 radical (unpaired) electrons. The number of primary amides is 1. The number of aromatic nitrogens is 1. The lowest BCUT2D eigenvalue weighted by molar-refractivity contribution is -0.125. The number of nitrogens with zero attached hydrogens (tertiary/aromatic N) is 1. The summed E-state index contributed by atoms with van der Waals surface area (Å²) < 4.78 is 0.965. The second-order valence-corrected chi connectivity index (χ2v) is 5.22. The van der Waals surface area contributed by atoms with Crippen molar-refractivity contribution < 1.29 is 4.79 Å². The molecule has 1 rings (SSSR count). The number of hydrogen-bond acceptors (Lipinski definition) is 3. The molecule has 0 saturated heterocycles. The molecule has 1 amide bonds. The van der Waals surface area contributed by atoms with Crippen LogP contribution < -0.4 is 11.1 Å². The Morgan fingerprint density at radius 3 is 2.69 bits per heavy atom. The van der Waals surface area contributed by atoms with Crippen LogP contribution in [0.1, 0.15) is 19.5 Å². The lowest BCUT2D eigenvalue weighted by Crippen LogP contribution is -2.37. The highest BCUT2D eigenvalue weighted by atomic mass is 79.9. The Kier molecular flexibility index (Phi) is 3.91. The number of carbonyl (C=O) groups excluding carboxylic acids is 1. The van der Waals surface area contributed by atoms with Crippen molar-refractivity contribution in [2.45, 2.75) is 20.8 Å². The van der Waals surface area contributed by atoms with Crippen molar-refractivity contribution >= 4 is 27.7 Å². The van der Waals surface area contributed by atoms with E-state index < -0.39 is 5.41 Å². The molecule has 0 aliphatic heterocycles. The van der Waals surface area contributed by atoms with Gasteiger partial charge in [0.1, 0.15) is 5.82 Å². The molecule has 88 valence electrons. The maximum Gasteiger partial charge on any atom is 0.224 e. The van der Waals surface area contributed by atoms with Gasteiger partial charge in [-0.25, -0.2) is 4.98 Å². The molecule has 0 fully saturated rings. The van der Waals surface area contributed by atoms with Gasteiger partial charge in [-0.15, -0.1) is 0 Å². The molecule has 4 nitrogen and oxygen atoms in total. The number of hydrogen-bond donors (Lipinski definition) is 2. The first-order valence-corrected chi connectivity index (χ1v) is 5.79. The zero-order chi connectivity index (χ0) is 12.3. The standard InChI is InChI=1S/C11H16BrN3O/c1-7-8(12)4-5-9(15-7)14-6-11(2,3)10(13)16/h4-5H,6H2,1-3H3,(H2,13,16)(H,14,15). The number of pyridine rings is 1. The van der Waals surface area contributed by atoms with Crippen molar-refractivity contribution in [3.05, 3.63) is 22.3 Å². The molecule has 1 aromatic rings. The van der Waals surface area contributed by atoms with Gasteiger partial charge < -0.3 is 11.1 Å². The lowest BCUT2D eigenvalue weighted by atomic mass is 9.93. The average molecular weight is 286 g/mol. The first-order chi connectivity index (χ1) is 7.33. The van der Waals surface area contributed by atoms with Crippen LogP contribution in [0.25, 0.3) is 0 Å². The van der Waals surface area contributed by atoms with E-state index in [1.807, 2.05) is 19.1 Å². The molecular weight excluding hydrogens is 270 g/mol. The Hall–Kier alpha value is -1.10. The SMILES string of the molecule is Cc1nc(NCC(C)(C)C(N)=O)ccc1Br. The molecule has 1 aromatic heterocycles. The monoisotopic (exact) mass is 285 g/mol. The molecule has 0 spiro atoms. The van der Waals surface area contributed by atoms with E-state index in [0.717, 1.165) is 16.0 Å². The van der Waals surface area contributed by atoms with Gasteiger partial charge in [0, 0.05) is 11.0 Å². The summed E-state index contributed by atoms with van der Waals surface area (Å²) in [6.07, 6.45) is 0. The summed E-state index contributed by atoms with van der Waals surface area (Å²) in [7, 11) is 0. The van der Waals surface area contributed by atoms with E-state index in [0.29, 0.717) is 6.54 Å². The average Bonchev–Trinajstić information content (AvgIpc) is 2.20. The number of rotatable bonds is 4. The molecule has 0 aliphatic rings. The lowest BCUT2D eigenvalue weighted by Gasteiger charge is -2.21. The number of amides is 1. The van der Waals surface area contributed by atoms with Crippen molar-refractivity contribution in [2.75, 3.05) is 11.9 Å². The van der Waals surface area contributed by atoms with Crippen LogP contribution >= 0.6 is 15.9 Å². The van der Waals surface area contributed by atoms with E-state index >= 15 is 0 Å². The van der Waals surface area contributed by atoms with E-state index in [9.17, 15) is 4.79 Å². The van der Waals surface area contributed by atoms with Crippen molar-refractivity contribution in [2.24, 2.45) is 11.1 Å². The third-order valence-corrected chi connectivity index (χ3v) is 3.24. The van der Waals surface area contributed by atoms with E-state index in [4.69, 9.17) is 5.73 Å². The third kappa shape index (κ3) is 3.20. The number of nitrogens with two attached hydrogens (primary N) is 1. The largest absolute Gasteiger partial charge is 0.369 e. The maximum atomic E-state index is 11.1. The van der Waals surface area contributed by atoms with Gasteiger partial charge in [0.2, 0.25) is 5.91 Å². The van der Waals surface area contributed by atoms with Crippen molar-refractivity contribution in [3.8, 4) is 0 Å². The van der Waals surface area contributed by atoms with Gasteiger partial charge in [-0.05, 0) is 48.8 Å². The van der Waals surface area contributed by atoms with Crippen molar-refractivity contribution in [1.29, 1.82) is 0 Å². The molecule has 5 heteroatoms. The van der Waals surface area contributed by atoms with Crippen LogP contribution in [0.15, 0.2) is 16.6 Å². The summed E-state index contributed by atoms with van der Waals surface area (Å²) in [5.74, 6) is 0.420. The fourth-order valence-electron chi connectivity index (χ4n) is 1.04. The van der Waals surface area contributed by atoms with E-state index in [1.165, 1.54) is 0 Å². The first-order valence-electron chi connectivity index (χ1n) is 5.00. The maximum absolute atomic E-state index is 11.1. The first kappa shape index (κ1) is 13.0. The summed E-state index contributed by atoms with van der Waals surface area (Å²) in [5, 5.41) is 3.10. The summed E-state index contributed by atoms with van der Waals surface area (Å²) >= 11 is 3.38. The topological polar surface area (TPSA) is 68.0 Å². The molecular formula is C11H16BrN3O. The Labute approximate surface area is 104 Å². The van der Waals surface area contributed by atoms with Crippen LogP contribution in [0.5, 0.6) is 0 Å². The molecule has 0 unspecified atom stereocenters. The highest BCUT2D eigenvalue weighted by Gasteiger charge is 2.24. The zero-order valence-corrected chi connectivity index (χ0v) is 11.3. The predicted octanol–water partition coefficient (Wildman–Crippen LogP) is 2.08. The molecule has 0 aromatic carbocycles. The minimum absolute atomic E-state index is 0.325. The number of carbonyl (C=O) groups is 1. The van der Waals surface area contributed by atoms with Gasteiger partial charge in [0.15, 0.2) is 0 Å². The predicted molar refractivity (Wildman–Crippen MR) is 68.1 cm³/mol. The summed E-state index contributed by atoms with van der Waals surface area (Å²) in [4.78, 5) is 15.4. The van der Waals surface area contributed by atoms with Gasteiger partial charge in [-0.1, -0.05) is 0 Å². The highest BCUT2D eigenvalue weighted by molar-refractivity contribution is 9.10. The Balaban J connectivity index is 2.68. The molecule has 0 atom stereocenters. The van der Waals surface area contributed by atoms with Crippen LogP contribution in [0.4, 0.5) is 5.82 Å². The highest BCUT2D eigenvalue weighted by Crippen LogP contribution is 2.18. The summed E-state index contributed by atoms with van der Waals surface area (Å²) in [5.41, 5.74) is 5.61. The Morgan fingerprint density at radius 2 is 2.19 bits per heavy atom. The Morgan fingerprint density at radius 1 is 1.56 bits per heavy atom. The van der Waals surface area contributed by atoms with Crippen LogP contribution in [-0.2, 0) is 4.79 Å². The molecule has 0 aliphatic carbocycles. The minimum Gasteiger partial charge on any atom is -0.369 e. The van der Waals surface area contributed by atoms with Crippen molar-refractivity contribution in [1.82, 2.24) is 4.98 Å². The molecule has 0 saturated carbocycles. The van der Waals surface area contributed by atoms with Gasteiger partial charge in [-0.2, -0.15) is 0 Å². The molecule has 1 heterocycles. The summed E-state index contributed by atoms with van der Waals surface area (Å²) in [6, 6.07) is 3.77. The fraction of sp³-hybridized carbons (Fsp3) is 0.455. The van der Waals surface area contributed by atoms with E-state index in [-0.39, 0.29) is 5.91 Å². The number of anilines is 1. The van der Waals surface area contributed by atoms with E-state index in [1.54, 1.807) is 13.8 Å². The molecule has 0 bridgehead atoms. The second kappa shape index (κ2) is 4.82. The van der Waals surface area contributed by atoms with Gasteiger partial charge in [-0.3, -0.25) is 4.79 Å². The van der Waals surface area contributed by atoms with Crippen LogP contribution in [-0.4, -0.2) is 17.4 Å². The van der Waals surface area contributed by atoms with Gasteiger partial charge in [0.05, 0.1) is 11.1 Å². The van der Waals surface area contributed by atoms with Crippen LogP contribution in [0.3, 0.4) is 0 Å². The van der Waals surface area contributed by atoms with Gasteiger partial charge in [0.25, 0.3) is 0 Å². The Bertz CT molecular complexity index is 404. The van der Waals surface area contributed by atoms with Crippen molar-refractivity contribution in [3.63, 3.8) is 0 Å². The van der Waals surface area contributed by atoms with Crippen LogP contribution in [0.2, 0.25) is 0 Å². The number of aryl methyl sites for hydroxylation is 1. The second-order valence-electron chi connectivity index (χ2n) is 4.37. The number of halogens is 1. The molecule has 16 heavy (non-hydrogen) atoms. The normalized spacial score (nSPS) is 11.2. The zero-order valence-electron chi connectivity index (χ0n) is 9.67. The van der Waals surface area contributed by atoms with Gasteiger partial charge >= 0.3 is 0 Å². The fourth-order valence-corrected chi connectivity index (χ4v) is 1.26. The number of nitrogens with one attached hydrogen (secondary N) is 1. The van der Waals surface area contributed by atoms with E-state index in [2.05, 4.69) is 26.2 Å². The third-order valence-electron chi connectivity index (χ3n) is 2.40. The minimum atomic E-state index is -0.581. The summed E-state index contributed by atoms with van der Waals surface area (Å²) in [6.45, 7) is 5.98. The smallest absolute Gasteiger partial charge is 0.224 e. The van der Waals surface area contributed by atoms with Crippen LogP contribution in [0, 0.1) is 12.3 Å².